The van der Waals surface area contributed by atoms with Crippen molar-refractivity contribution in [2.24, 2.45) is 5.73 Å². The Labute approximate surface area is 152 Å². The maximum atomic E-state index is 11.9. The lowest BCUT2D eigenvalue weighted by molar-refractivity contribution is -0.145. The van der Waals surface area contributed by atoms with Crippen LogP contribution in [0.5, 0.6) is 0 Å². The van der Waals surface area contributed by atoms with E-state index in [0.29, 0.717) is 24.5 Å². The summed E-state index contributed by atoms with van der Waals surface area (Å²) in [4.78, 5) is 35.2. The van der Waals surface area contributed by atoms with Crippen molar-refractivity contribution in [3.05, 3.63) is 35.9 Å². The molecule has 0 aromatic heterocycles. The molecule has 1 rings (SSSR count). The van der Waals surface area contributed by atoms with E-state index < -0.39 is 12.0 Å². The summed E-state index contributed by atoms with van der Waals surface area (Å²) in [6.07, 6.45) is 2.14. The van der Waals surface area contributed by atoms with E-state index in [4.69, 9.17) is 10.5 Å². The van der Waals surface area contributed by atoms with Gasteiger partial charge in [0.05, 0.1) is 6.61 Å². The molecule has 0 aliphatic carbocycles. The highest BCUT2D eigenvalue weighted by Crippen LogP contribution is 2.11. The smallest absolute Gasteiger partial charge is 0.322 e. The summed E-state index contributed by atoms with van der Waals surface area (Å²) in [6, 6.07) is 8.21. The fourth-order valence-electron chi connectivity index (χ4n) is 1.91. The number of nitrogens with one attached hydrogen (secondary N) is 1. The van der Waals surface area contributed by atoms with Gasteiger partial charge in [0.2, 0.25) is 11.0 Å². The van der Waals surface area contributed by atoms with E-state index in [1.807, 2.05) is 25.1 Å². The summed E-state index contributed by atoms with van der Waals surface area (Å²) in [5.74, 6) is -0.167. The Kier molecular flexibility index (Phi) is 10.6. The van der Waals surface area contributed by atoms with Crippen molar-refractivity contribution in [2.75, 3.05) is 18.9 Å². The van der Waals surface area contributed by atoms with Gasteiger partial charge in [0.25, 0.3) is 0 Å². The molecule has 0 unspecified atom stereocenters. The van der Waals surface area contributed by atoms with Gasteiger partial charge in [-0.2, -0.15) is 0 Å². The average Bonchev–Trinajstić information content (AvgIpc) is 2.63. The van der Waals surface area contributed by atoms with Gasteiger partial charge in [-0.15, -0.1) is 0 Å². The zero-order valence-electron chi connectivity index (χ0n) is 14.5. The third-order valence-corrected chi connectivity index (χ3v) is 4.30. The van der Waals surface area contributed by atoms with Crippen molar-refractivity contribution < 1.29 is 19.1 Å². The quantitative estimate of drug-likeness (QED) is 0.460. The highest BCUT2D eigenvalue weighted by Gasteiger charge is 2.16. The lowest BCUT2D eigenvalue weighted by Crippen LogP contribution is -2.35. The van der Waals surface area contributed by atoms with Crippen LogP contribution in [0.15, 0.2) is 30.3 Å². The molecule has 0 fully saturated rings. The first-order valence-electron chi connectivity index (χ1n) is 8.45. The third-order valence-electron chi connectivity index (χ3n) is 3.39. The van der Waals surface area contributed by atoms with Gasteiger partial charge in [-0.3, -0.25) is 14.4 Å². The molecule has 0 saturated carbocycles. The summed E-state index contributed by atoms with van der Waals surface area (Å²) in [6.45, 7) is 2.75. The Morgan fingerprint density at radius 1 is 1.24 bits per heavy atom. The molecule has 0 spiro atoms. The van der Waals surface area contributed by atoms with Crippen molar-refractivity contribution in [2.45, 2.75) is 38.6 Å². The summed E-state index contributed by atoms with van der Waals surface area (Å²) >= 11 is 1.16. The van der Waals surface area contributed by atoms with Gasteiger partial charge in [0, 0.05) is 24.3 Å². The summed E-state index contributed by atoms with van der Waals surface area (Å²) in [7, 11) is 0. The number of amides is 1. The summed E-state index contributed by atoms with van der Waals surface area (Å²) < 4.78 is 5.01. The molecule has 6 nitrogen and oxygen atoms in total. The van der Waals surface area contributed by atoms with E-state index in [0.717, 1.165) is 24.6 Å². The van der Waals surface area contributed by atoms with Crippen molar-refractivity contribution in [3.8, 4) is 0 Å². The van der Waals surface area contributed by atoms with Crippen molar-refractivity contribution in [3.63, 3.8) is 0 Å². The van der Waals surface area contributed by atoms with Gasteiger partial charge in [-0.05, 0) is 12.8 Å². The number of benzene rings is 1. The molecule has 0 bridgehead atoms. The Morgan fingerprint density at radius 3 is 2.64 bits per heavy atom. The fourth-order valence-corrected chi connectivity index (χ4v) is 2.60. The summed E-state index contributed by atoms with van der Waals surface area (Å²) in [5.41, 5.74) is 6.35. The predicted octanol–water partition coefficient (Wildman–Crippen LogP) is 2.13. The molecule has 3 N–H and O–H groups in total. The molecule has 138 valence electrons. The van der Waals surface area contributed by atoms with Crippen LogP contribution >= 0.6 is 11.8 Å². The maximum absolute atomic E-state index is 11.9. The Hall–Kier alpha value is -1.86. The van der Waals surface area contributed by atoms with Crippen LogP contribution in [-0.2, 0) is 14.3 Å². The molecule has 25 heavy (non-hydrogen) atoms. The zero-order valence-corrected chi connectivity index (χ0v) is 15.3. The maximum Gasteiger partial charge on any atom is 0.322 e. The van der Waals surface area contributed by atoms with Gasteiger partial charge >= 0.3 is 5.97 Å². The fraction of sp³-hybridized carbons (Fsp3) is 0.500. The second-order valence-corrected chi connectivity index (χ2v) is 6.59. The molecule has 0 heterocycles. The topological polar surface area (TPSA) is 98.5 Å². The van der Waals surface area contributed by atoms with Gasteiger partial charge in [-0.25, -0.2) is 0 Å². The van der Waals surface area contributed by atoms with Gasteiger partial charge in [0.1, 0.15) is 6.04 Å². The monoisotopic (exact) mass is 366 g/mol. The van der Waals surface area contributed by atoms with Crippen LogP contribution in [0.25, 0.3) is 0 Å². The number of thioether (sulfide) groups is 1. The van der Waals surface area contributed by atoms with Crippen LogP contribution in [0.2, 0.25) is 0 Å². The molecule has 0 aliphatic heterocycles. The third kappa shape index (κ3) is 9.26. The van der Waals surface area contributed by atoms with Crippen molar-refractivity contribution in [1.82, 2.24) is 5.32 Å². The predicted molar refractivity (Wildman–Crippen MR) is 99.3 cm³/mol. The zero-order chi connectivity index (χ0) is 18.5. The van der Waals surface area contributed by atoms with E-state index in [2.05, 4.69) is 5.32 Å². The van der Waals surface area contributed by atoms with Crippen LogP contribution < -0.4 is 11.1 Å². The number of ether oxygens (including phenoxy) is 1. The van der Waals surface area contributed by atoms with Crippen LogP contribution in [-0.4, -0.2) is 41.9 Å². The number of unbranched alkanes of at least 4 members (excludes halogenated alkanes) is 1. The number of hydrogen-bond donors (Lipinski definition) is 2. The van der Waals surface area contributed by atoms with E-state index in [9.17, 15) is 14.4 Å². The molecule has 0 aliphatic rings. The number of esters is 1. The lowest BCUT2D eigenvalue weighted by atomic mass is 10.1. The van der Waals surface area contributed by atoms with Gasteiger partial charge in [-0.1, -0.05) is 55.4 Å². The first-order valence-corrected chi connectivity index (χ1v) is 9.44. The summed E-state index contributed by atoms with van der Waals surface area (Å²) in [5, 5.41) is 2.69. The number of nitrogens with two attached hydrogens (primary N) is 1. The highest BCUT2D eigenvalue weighted by molar-refractivity contribution is 8.14. The van der Waals surface area contributed by atoms with E-state index in [1.54, 1.807) is 12.1 Å². The first kappa shape index (κ1) is 21.2. The van der Waals surface area contributed by atoms with Crippen molar-refractivity contribution in [1.29, 1.82) is 0 Å². The number of hydrogen-bond acceptors (Lipinski definition) is 6. The standard InChI is InChI=1S/C18H26N2O4S/c1-2-3-12-24-17(22)15(19)9-10-16(21)20-11-13-25-18(23)14-7-5-4-6-8-14/h4-8,15H,2-3,9-13,19H2,1H3,(H,20,21)/t15-/m0/s1. The molecular weight excluding hydrogens is 340 g/mol. The largest absolute Gasteiger partial charge is 0.465 e. The van der Waals surface area contributed by atoms with E-state index in [-0.39, 0.29) is 23.9 Å². The minimum Gasteiger partial charge on any atom is -0.465 e. The van der Waals surface area contributed by atoms with Gasteiger partial charge < -0.3 is 15.8 Å². The van der Waals surface area contributed by atoms with E-state index in [1.165, 1.54) is 0 Å². The van der Waals surface area contributed by atoms with Crippen molar-refractivity contribution >= 4 is 28.8 Å². The Bertz CT molecular complexity index is 551. The minimum atomic E-state index is -0.781. The number of carbonyl (C=O) groups is 3. The Morgan fingerprint density at radius 2 is 1.96 bits per heavy atom. The SMILES string of the molecule is CCCCOC(=O)[C@@H](N)CCC(=O)NCCSC(=O)c1ccccc1. The molecule has 0 radical (unpaired) electrons. The molecule has 1 atom stereocenters. The minimum absolute atomic E-state index is 0.0216. The number of rotatable bonds is 11. The lowest BCUT2D eigenvalue weighted by Gasteiger charge is -2.11. The molecule has 1 aromatic carbocycles. The molecule has 7 heteroatoms. The van der Waals surface area contributed by atoms with Crippen LogP contribution in [0.3, 0.4) is 0 Å². The van der Waals surface area contributed by atoms with Crippen LogP contribution in [0, 0.1) is 0 Å². The average molecular weight is 366 g/mol. The molecule has 0 saturated heterocycles. The van der Waals surface area contributed by atoms with Crippen LogP contribution in [0.4, 0.5) is 0 Å². The highest BCUT2D eigenvalue weighted by atomic mass is 32.2. The van der Waals surface area contributed by atoms with Crippen LogP contribution in [0.1, 0.15) is 43.0 Å². The second kappa shape index (κ2) is 12.5. The molecular formula is C18H26N2O4S. The Balaban J connectivity index is 2.12. The normalized spacial score (nSPS) is 11.6. The van der Waals surface area contributed by atoms with Gasteiger partial charge in [0.15, 0.2) is 0 Å². The number of carbonyl (C=O) groups excluding carboxylic acids is 3. The second-order valence-electron chi connectivity index (χ2n) is 5.52. The first-order chi connectivity index (χ1) is 12.0. The molecule has 1 amide bonds. The van der Waals surface area contributed by atoms with E-state index >= 15 is 0 Å². The molecule has 1 aromatic rings.